The second-order valence-electron chi connectivity index (χ2n) is 4.81. The second kappa shape index (κ2) is 5.55. The predicted molar refractivity (Wildman–Crippen MR) is 72.9 cm³/mol. The first kappa shape index (κ1) is 12.4. The molecule has 3 rings (SSSR count). The highest BCUT2D eigenvalue weighted by molar-refractivity contribution is 5.67. The van der Waals surface area contributed by atoms with Gasteiger partial charge in [-0.05, 0) is 36.6 Å². The van der Waals surface area contributed by atoms with Crippen LogP contribution in [0.1, 0.15) is 23.7 Å². The molecule has 0 unspecified atom stereocenters. The van der Waals surface area contributed by atoms with Crippen molar-refractivity contribution >= 4 is 0 Å². The van der Waals surface area contributed by atoms with Crippen molar-refractivity contribution in [1.29, 1.82) is 0 Å². The Bertz CT molecular complexity index is 537. The third-order valence-electron chi connectivity index (χ3n) is 3.58. The number of benzene rings is 1. The van der Waals surface area contributed by atoms with Crippen LogP contribution >= 0.6 is 0 Å². The number of hydrogen-bond acceptors (Lipinski definition) is 4. The molecule has 0 bridgehead atoms. The minimum Gasteiger partial charge on any atom is -0.372 e. The van der Waals surface area contributed by atoms with Crippen molar-refractivity contribution in [3.05, 3.63) is 41.8 Å². The fourth-order valence-electron chi connectivity index (χ4n) is 2.71. The number of fused-ring (bicyclic) bond motifs is 1. The number of aromatic nitrogens is 1. The minimum atomic E-state index is 0.127. The lowest BCUT2D eigenvalue weighted by atomic mass is 9.92. The second-order valence-corrected chi connectivity index (χ2v) is 4.81. The molecule has 0 saturated carbocycles. The first-order chi connectivity index (χ1) is 9.40. The smallest absolute Gasteiger partial charge is 0.131 e. The van der Waals surface area contributed by atoms with E-state index in [4.69, 9.17) is 9.26 Å². The van der Waals surface area contributed by atoms with Crippen molar-refractivity contribution in [1.82, 2.24) is 10.5 Å². The van der Waals surface area contributed by atoms with Gasteiger partial charge in [0.05, 0.1) is 12.3 Å². The van der Waals surface area contributed by atoms with Gasteiger partial charge in [0.1, 0.15) is 6.26 Å². The van der Waals surface area contributed by atoms with E-state index in [0.29, 0.717) is 0 Å². The highest BCUT2D eigenvalue weighted by Gasteiger charge is 2.21. The molecule has 1 aromatic carbocycles. The standard InChI is InChI=1S/C15H18N2O2/c1-16-9-15-14-5-2-4-12(11-8-17-19-10-11)13(14)6-3-7-18-15/h2,4-5,8,10,15-16H,3,6-7,9H2,1H3/t15-/m0/s1. The Hall–Kier alpha value is -1.65. The van der Waals surface area contributed by atoms with Gasteiger partial charge in [-0.25, -0.2) is 0 Å². The van der Waals surface area contributed by atoms with Gasteiger partial charge in [0.2, 0.25) is 0 Å². The van der Waals surface area contributed by atoms with Crippen LogP contribution in [-0.4, -0.2) is 25.4 Å². The highest BCUT2D eigenvalue weighted by atomic mass is 16.5. The Morgan fingerprint density at radius 3 is 3.16 bits per heavy atom. The highest BCUT2D eigenvalue weighted by Crippen LogP contribution is 2.33. The van der Waals surface area contributed by atoms with Gasteiger partial charge in [0, 0.05) is 18.7 Å². The third-order valence-corrected chi connectivity index (χ3v) is 3.58. The first-order valence-corrected chi connectivity index (χ1v) is 6.68. The van der Waals surface area contributed by atoms with Crippen LogP contribution in [0.15, 0.2) is 35.2 Å². The largest absolute Gasteiger partial charge is 0.372 e. The fourth-order valence-corrected chi connectivity index (χ4v) is 2.71. The zero-order chi connectivity index (χ0) is 13.1. The van der Waals surface area contributed by atoms with E-state index in [0.717, 1.165) is 31.6 Å². The van der Waals surface area contributed by atoms with Crippen molar-refractivity contribution in [3.63, 3.8) is 0 Å². The van der Waals surface area contributed by atoms with Gasteiger partial charge in [0.15, 0.2) is 0 Å². The molecule has 2 aromatic rings. The molecule has 4 nitrogen and oxygen atoms in total. The summed E-state index contributed by atoms with van der Waals surface area (Å²) >= 11 is 0. The van der Waals surface area contributed by atoms with E-state index in [1.807, 2.05) is 7.05 Å². The van der Waals surface area contributed by atoms with E-state index in [-0.39, 0.29) is 6.10 Å². The van der Waals surface area contributed by atoms with Gasteiger partial charge in [0.25, 0.3) is 0 Å². The van der Waals surface area contributed by atoms with Crippen LogP contribution in [0.4, 0.5) is 0 Å². The van der Waals surface area contributed by atoms with Gasteiger partial charge in [-0.1, -0.05) is 23.4 Å². The number of ether oxygens (including phenoxy) is 1. The summed E-state index contributed by atoms with van der Waals surface area (Å²) in [6.07, 6.45) is 5.69. The quantitative estimate of drug-likeness (QED) is 0.919. The Balaban J connectivity index is 2.07. The molecule has 4 heteroatoms. The summed E-state index contributed by atoms with van der Waals surface area (Å²) in [6.45, 7) is 1.64. The lowest BCUT2D eigenvalue weighted by Gasteiger charge is -2.19. The average Bonchev–Trinajstić information content (AvgIpc) is 2.89. The van der Waals surface area contributed by atoms with E-state index in [1.165, 1.54) is 16.7 Å². The van der Waals surface area contributed by atoms with Crippen molar-refractivity contribution in [2.75, 3.05) is 20.2 Å². The molecule has 100 valence electrons. The van der Waals surface area contributed by atoms with Crippen molar-refractivity contribution < 1.29 is 9.26 Å². The van der Waals surface area contributed by atoms with Crippen LogP contribution in [0.25, 0.3) is 11.1 Å². The minimum absolute atomic E-state index is 0.127. The number of hydrogen-bond donors (Lipinski definition) is 1. The van der Waals surface area contributed by atoms with E-state index >= 15 is 0 Å². The molecule has 2 heterocycles. The normalized spacial score (nSPS) is 18.9. The molecule has 1 atom stereocenters. The molecule has 19 heavy (non-hydrogen) atoms. The number of likely N-dealkylation sites (N-methyl/N-ethyl adjacent to an activating group) is 1. The molecule has 0 radical (unpaired) electrons. The molecule has 1 N–H and O–H groups in total. The monoisotopic (exact) mass is 258 g/mol. The number of nitrogens with zero attached hydrogens (tertiary/aromatic N) is 1. The molecular formula is C15H18N2O2. The number of nitrogens with one attached hydrogen (secondary N) is 1. The van der Waals surface area contributed by atoms with Gasteiger partial charge in [-0.3, -0.25) is 0 Å². The first-order valence-electron chi connectivity index (χ1n) is 6.68. The molecule has 0 spiro atoms. The van der Waals surface area contributed by atoms with Crippen molar-refractivity contribution in [2.24, 2.45) is 0 Å². The van der Waals surface area contributed by atoms with Crippen LogP contribution in [0.3, 0.4) is 0 Å². The van der Waals surface area contributed by atoms with E-state index in [9.17, 15) is 0 Å². The maximum atomic E-state index is 5.94. The summed E-state index contributed by atoms with van der Waals surface area (Å²) in [5.74, 6) is 0. The van der Waals surface area contributed by atoms with E-state index < -0.39 is 0 Å². The molecule has 0 saturated heterocycles. The van der Waals surface area contributed by atoms with Crippen LogP contribution in [0, 0.1) is 0 Å². The Kier molecular flexibility index (Phi) is 3.62. The molecule has 0 fully saturated rings. The average molecular weight is 258 g/mol. The van der Waals surface area contributed by atoms with Gasteiger partial charge in [-0.2, -0.15) is 0 Å². The van der Waals surface area contributed by atoms with E-state index in [1.54, 1.807) is 12.5 Å². The Labute approximate surface area is 112 Å². The molecule has 0 aliphatic carbocycles. The zero-order valence-electron chi connectivity index (χ0n) is 11.1. The SMILES string of the molecule is CNC[C@@H]1OCCCc2c(-c3cnoc3)cccc21. The number of rotatable bonds is 3. The summed E-state index contributed by atoms with van der Waals surface area (Å²) in [6, 6.07) is 6.38. The Morgan fingerprint density at radius 1 is 1.42 bits per heavy atom. The molecule has 1 aliphatic rings. The third kappa shape index (κ3) is 2.41. The maximum absolute atomic E-state index is 5.94. The summed E-state index contributed by atoms with van der Waals surface area (Å²) < 4.78 is 10.9. The van der Waals surface area contributed by atoms with E-state index in [2.05, 4.69) is 28.7 Å². The molecule has 1 aromatic heterocycles. The van der Waals surface area contributed by atoms with Gasteiger partial charge < -0.3 is 14.6 Å². The van der Waals surface area contributed by atoms with Crippen LogP contribution in [0.2, 0.25) is 0 Å². The van der Waals surface area contributed by atoms with Gasteiger partial charge in [-0.15, -0.1) is 0 Å². The van der Waals surface area contributed by atoms with Crippen LogP contribution in [-0.2, 0) is 11.2 Å². The van der Waals surface area contributed by atoms with Crippen molar-refractivity contribution in [2.45, 2.75) is 18.9 Å². The lowest BCUT2D eigenvalue weighted by molar-refractivity contribution is 0.0579. The Morgan fingerprint density at radius 2 is 2.37 bits per heavy atom. The fraction of sp³-hybridized carbons (Fsp3) is 0.400. The summed E-state index contributed by atoms with van der Waals surface area (Å²) in [7, 11) is 1.96. The van der Waals surface area contributed by atoms with Crippen molar-refractivity contribution in [3.8, 4) is 11.1 Å². The molecule has 1 aliphatic heterocycles. The lowest BCUT2D eigenvalue weighted by Crippen LogP contribution is -2.19. The zero-order valence-corrected chi connectivity index (χ0v) is 11.1. The van der Waals surface area contributed by atoms with Gasteiger partial charge >= 0.3 is 0 Å². The summed E-state index contributed by atoms with van der Waals surface area (Å²) in [5.41, 5.74) is 4.90. The molecule has 0 amide bonds. The summed E-state index contributed by atoms with van der Waals surface area (Å²) in [5, 5.41) is 7.01. The topological polar surface area (TPSA) is 47.3 Å². The molecular weight excluding hydrogens is 240 g/mol. The predicted octanol–water partition coefficient (Wildman–Crippen LogP) is 2.56. The maximum Gasteiger partial charge on any atom is 0.131 e. The summed E-state index contributed by atoms with van der Waals surface area (Å²) in [4.78, 5) is 0. The van der Waals surface area contributed by atoms with Crippen LogP contribution < -0.4 is 5.32 Å². The van der Waals surface area contributed by atoms with Crippen LogP contribution in [0.5, 0.6) is 0 Å².